The molecule has 9 heteroatoms. The summed E-state index contributed by atoms with van der Waals surface area (Å²) in [5, 5.41) is 18.7. The summed E-state index contributed by atoms with van der Waals surface area (Å²) in [5.41, 5.74) is 1.80. The van der Waals surface area contributed by atoms with Crippen molar-refractivity contribution in [2.24, 2.45) is 0 Å². The van der Waals surface area contributed by atoms with Crippen LogP contribution in [0.3, 0.4) is 0 Å². The average molecular weight is 534 g/mol. The van der Waals surface area contributed by atoms with Gasteiger partial charge >= 0.3 is 5.97 Å². The second-order valence-corrected chi connectivity index (χ2v) is 10.1. The van der Waals surface area contributed by atoms with E-state index in [1.165, 1.54) is 44.6 Å². The number of hydrogen-bond donors (Lipinski definition) is 4. The summed E-state index contributed by atoms with van der Waals surface area (Å²) in [4.78, 5) is 36.6. The maximum Gasteiger partial charge on any atom is 0.305 e. The minimum atomic E-state index is -1.09. The third-order valence-corrected chi connectivity index (χ3v) is 6.70. The average Bonchev–Trinajstić information content (AvgIpc) is 2.95. The van der Waals surface area contributed by atoms with Gasteiger partial charge in [0.1, 0.15) is 0 Å². The maximum absolute atomic E-state index is 12.7. The van der Waals surface area contributed by atoms with Gasteiger partial charge in [0.25, 0.3) is 5.91 Å². The molecule has 194 valence electrons. The van der Waals surface area contributed by atoms with Crippen molar-refractivity contribution in [2.75, 3.05) is 11.9 Å². The van der Waals surface area contributed by atoms with E-state index in [0.717, 1.165) is 18.5 Å². The summed E-state index contributed by atoms with van der Waals surface area (Å²) in [6, 6.07) is 11.4. The van der Waals surface area contributed by atoms with E-state index in [-0.39, 0.29) is 18.9 Å². The smallest absolute Gasteiger partial charge is 0.305 e. The second-order valence-electron chi connectivity index (χ2n) is 9.22. The van der Waals surface area contributed by atoms with Crippen molar-refractivity contribution >= 4 is 46.7 Å². The van der Waals surface area contributed by atoms with E-state index >= 15 is 0 Å². The molecule has 1 unspecified atom stereocenters. The number of aliphatic carboxylic acids is 1. The van der Waals surface area contributed by atoms with Crippen LogP contribution < -0.4 is 16.0 Å². The number of hydrogen-bond acceptors (Lipinski definition) is 4. The van der Waals surface area contributed by atoms with Crippen molar-refractivity contribution in [3.63, 3.8) is 0 Å². The standard InChI is InChI=1S/C27H33Cl2N3O4/c28-20-12-19(13-21(29)15-20)24(16-26(34)35)32-25(33)17-30-27(36)18-8-7-11-23(14-18)31-22-9-5-3-1-2-4-6-10-22/h7-8,11-15,22,24,31H,1-6,9-10,16-17H2,(H,30,36)(H,32,33)(H,34,35). The lowest BCUT2D eigenvalue weighted by atomic mass is 10.0. The number of nitrogens with one attached hydrogen (secondary N) is 3. The molecule has 0 bridgehead atoms. The van der Waals surface area contributed by atoms with Gasteiger partial charge in [-0.05, 0) is 54.8 Å². The highest BCUT2D eigenvalue weighted by atomic mass is 35.5. The molecule has 2 aromatic carbocycles. The Morgan fingerprint density at radius 3 is 2.19 bits per heavy atom. The van der Waals surface area contributed by atoms with E-state index in [9.17, 15) is 19.5 Å². The fraction of sp³-hybridized carbons (Fsp3) is 0.444. The summed E-state index contributed by atoms with van der Waals surface area (Å²) in [6.07, 6.45) is 9.43. The molecule has 2 amide bonds. The largest absolute Gasteiger partial charge is 0.481 e. The molecule has 0 saturated heterocycles. The van der Waals surface area contributed by atoms with Crippen molar-refractivity contribution in [3.05, 3.63) is 63.6 Å². The minimum absolute atomic E-state index is 0.302. The molecule has 0 aliphatic heterocycles. The molecule has 4 N–H and O–H groups in total. The van der Waals surface area contributed by atoms with E-state index in [4.69, 9.17) is 23.2 Å². The van der Waals surface area contributed by atoms with Gasteiger partial charge in [0.2, 0.25) is 5.91 Å². The van der Waals surface area contributed by atoms with Crippen molar-refractivity contribution < 1.29 is 19.5 Å². The summed E-state index contributed by atoms with van der Waals surface area (Å²) in [7, 11) is 0. The van der Waals surface area contributed by atoms with Crippen LogP contribution in [0.4, 0.5) is 5.69 Å². The molecule has 1 fully saturated rings. The molecule has 0 heterocycles. The summed E-state index contributed by atoms with van der Waals surface area (Å²) < 4.78 is 0. The van der Waals surface area contributed by atoms with Crippen LogP contribution in [0, 0.1) is 0 Å². The normalized spacial score (nSPS) is 15.6. The Morgan fingerprint density at radius 2 is 1.56 bits per heavy atom. The molecule has 2 aromatic rings. The summed E-state index contributed by atoms with van der Waals surface area (Å²) >= 11 is 12.1. The first kappa shape index (κ1) is 27.8. The Kier molecular flexibility index (Phi) is 10.9. The molecule has 0 radical (unpaired) electrons. The zero-order chi connectivity index (χ0) is 25.9. The highest BCUT2D eigenvalue weighted by molar-refractivity contribution is 6.34. The fourth-order valence-corrected chi connectivity index (χ4v) is 5.02. The molecule has 1 aliphatic rings. The molecule has 1 saturated carbocycles. The van der Waals surface area contributed by atoms with Crippen LogP contribution in [0.25, 0.3) is 0 Å². The number of rotatable bonds is 9. The van der Waals surface area contributed by atoms with E-state index in [1.54, 1.807) is 24.3 Å². The van der Waals surface area contributed by atoms with Crippen LogP contribution in [0.1, 0.15) is 79.8 Å². The van der Waals surface area contributed by atoms with Gasteiger partial charge in [-0.25, -0.2) is 0 Å². The number of carbonyl (C=O) groups excluding carboxylic acids is 2. The lowest BCUT2D eigenvalue weighted by Crippen LogP contribution is -2.39. The van der Waals surface area contributed by atoms with E-state index in [0.29, 0.717) is 27.2 Å². The first-order valence-corrected chi connectivity index (χ1v) is 13.2. The maximum atomic E-state index is 12.7. The molecule has 7 nitrogen and oxygen atoms in total. The number of amides is 2. The zero-order valence-corrected chi connectivity index (χ0v) is 21.7. The molecular formula is C27H33Cl2N3O4. The fourth-order valence-electron chi connectivity index (χ4n) is 4.47. The monoisotopic (exact) mass is 533 g/mol. The molecule has 1 aliphatic carbocycles. The van der Waals surface area contributed by atoms with Gasteiger partial charge in [0.15, 0.2) is 0 Å². The van der Waals surface area contributed by atoms with Gasteiger partial charge < -0.3 is 21.1 Å². The van der Waals surface area contributed by atoms with E-state index < -0.39 is 17.9 Å². The Bertz CT molecular complexity index is 1030. The molecular weight excluding hydrogens is 501 g/mol. The summed E-state index contributed by atoms with van der Waals surface area (Å²) in [6.45, 7) is -0.302. The number of carboxylic acids is 1. The van der Waals surface area contributed by atoms with Gasteiger partial charge in [0, 0.05) is 27.3 Å². The zero-order valence-electron chi connectivity index (χ0n) is 20.2. The van der Waals surface area contributed by atoms with Crippen molar-refractivity contribution in [3.8, 4) is 0 Å². The predicted molar refractivity (Wildman–Crippen MR) is 143 cm³/mol. The van der Waals surface area contributed by atoms with Gasteiger partial charge in [-0.15, -0.1) is 0 Å². The molecule has 3 rings (SSSR count). The van der Waals surface area contributed by atoms with Gasteiger partial charge in [-0.2, -0.15) is 0 Å². The lowest BCUT2D eigenvalue weighted by molar-refractivity contribution is -0.137. The minimum Gasteiger partial charge on any atom is -0.481 e. The summed E-state index contributed by atoms with van der Waals surface area (Å²) in [5.74, 6) is -2.00. The predicted octanol–water partition coefficient (Wildman–Crippen LogP) is 5.97. The van der Waals surface area contributed by atoms with E-state index in [2.05, 4.69) is 16.0 Å². The molecule has 36 heavy (non-hydrogen) atoms. The number of benzene rings is 2. The highest BCUT2D eigenvalue weighted by Crippen LogP contribution is 2.25. The van der Waals surface area contributed by atoms with Crippen LogP contribution in [0.2, 0.25) is 10.0 Å². The number of carbonyl (C=O) groups is 3. The number of carboxylic acid groups (broad SMARTS) is 1. The van der Waals surface area contributed by atoms with Crippen molar-refractivity contribution in [1.29, 1.82) is 0 Å². The SMILES string of the molecule is O=C(O)CC(NC(=O)CNC(=O)c1cccc(NC2CCCCCCCC2)c1)c1cc(Cl)cc(Cl)c1. The first-order chi connectivity index (χ1) is 17.3. The molecule has 0 spiro atoms. The molecule has 1 atom stereocenters. The van der Waals surface area contributed by atoms with E-state index in [1.807, 2.05) is 12.1 Å². The Balaban J connectivity index is 1.57. The third-order valence-electron chi connectivity index (χ3n) is 6.26. The Morgan fingerprint density at radius 1 is 0.917 bits per heavy atom. The van der Waals surface area contributed by atoms with Crippen molar-refractivity contribution in [1.82, 2.24) is 10.6 Å². The number of anilines is 1. The lowest BCUT2D eigenvalue weighted by Gasteiger charge is -2.20. The van der Waals surface area contributed by atoms with Crippen LogP contribution in [-0.2, 0) is 9.59 Å². The first-order valence-electron chi connectivity index (χ1n) is 12.4. The Hall–Kier alpha value is -2.77. The topological polar surface area (TPSA) is 108 Å². The highest BCUT2D eigenvalue weighted by Gasteiger charge is 2.20. The van der Waals surface area contributed by atoms with Crippen molar-refractivity contribution in [2.45, 2.75) is 69.9 Å². The van der Waals surface area contributed by atoms with Crippen LogP contribution in [-0.4, -0.2) is 35.5 Å². The van der Waals surface area contributed by atoms with Gasteiger partial charge in [0.05, 0.1) is 19.0 Å². The van der Waals surface area contributed by atoms with Crippen LogP contribution >= 0.6 is 23.2 Å². The third kappa shape index (κ3) is 9.36. The van der Waals surface area contributed by atoms with Crippen LogP contribution in [0.5, 0.6) is 0 Å². The Labute approximate surface area is 221 Å². The van der Waals surface area contributed by atoms with Gasteiger partial charge in [-0.3, -0.25) is 14.4 Å². The van der Waals surface area contributed by atoms with Crippen LogP contribution in [0.15, 0.2) is 42.5 Å². The quantitative estimate of drug-likeness (QED) is 0.317. The molecule has 0 aromatic heterocycles. The second kappa shape index (κ2) is 14.1. The number of halogens is 2. The van der Waals surface area contributed by atoms with Gasteiger partial charge in [-0.1, -0.05) is 67.8 Å².